The average Bonchev–Trinajstić information content (AvgIpc) is 2.63. The summed E-state index contributed by atoms with van der Waals surface area (Å²) in [7, 11) is -3.09. The van der Waals surface area contributed by atoms with E-state index in [1.165, 1.54) is 0 Å². The van der Waals surface area contributed by atoms with Crippen LogP contribution in [0.15, 0.2) is 18.2 Å². The van der Waals surface area contributed by atoms with Crippen molar-refractivity contribution in [2.75, 3.05) is 16.4 Å². The molecule has 0 unspecified atom stereocenters. The van der Waals surface area contributed by atoms with E-state index in [1.54, 1.807) is 11.8 Å². The van der Waals surface area contributed by atoms with Crippen LogP contribution in [0.25, 0.3) is 0 Å². The van der Waals surface area contributed by atoms with E-state index < -0.39 is 9.84 Å². The summed E-state index contributed by atoms with van der Waals surface area (Å²) in [5, 5.41) is 3.14. The Bertz CT molecular complexity index is 679. The molecule has 1 aromatic rings. The summed E-state index contributed by atoms with van der Waals surface area (Å²) in [4.78, 5) is 14.3. The maximum atomic E-state index is 12.6. The van der Waals surface area contributed by atoms with Gasteiger partial charge in [-0.05, 0) is 44.0 Å². The van der Waals surface area contributed by atoms with Crippen molar-refractivity contribution in [3.8, 4) is 0 Å². The number of piperazine rings is 1. The largest absolute Gasteiger partial charge is 0.305 e. The summed E-state index contributed by atoms with van der Waals surface area (Å²) in [5.74, 6) is 0.0885. The Balaban J connectivity index is 2.07. The smallest absolute Gasteiger partial charge is 0.244 e. The van der Waals surface area contributed by atoms with E-state index in [0.717, 1.165) is 16.8 Å². The molecule has 0 spiro atoms. The second-order valence-electron chi connectivity index (χ2n) is 6.19. The summed E-state index contributed by atoms with van der Waals surface area (Å²) in [6, 6.07) is 5.10. The highest BCUT2D eigenvalue weighted by atomic mass is 32.2. The summed E-state index contributed by atoms with van der Waals surface area (Å²) < 4.78 is 23.9. The minimum Gasteiger partial charge on any atom is -0.305 e. The van der Waals surface area contributed by atoms with Gasteiger partial charge < -0.3 is 10.2 Å². The highest BCUT2D eigenvalue weighted by Crippen LogP contribution is 2.30. The normalized spacial score (nSPS) is 31.3. The first-order valence-corrected chi connectivity index (χ1v) is 8.97. The molecule has 2 saturated heterocycles. The zero-order chi connectivity index (χ0) is 15.4. The van der Waals surface area contributed by atoms with Crippen LogP contribution in [0.5, 0.6) is 0 Å². The van der Waals surface area contributed by atoms with Gasteiger partial charge in [0.05, 0.1) is 23.6 Å². The van der Waals surface area contributed by atoms with Gasteiger partial charge in [0, 0.05) is 11.7 Å². The summed E-state index contributed by atoms with van der Waals surface area (Å²) >= 11 is 0. The molecule has 114 valence electrons. The van der Waals surface area contributed by atoms with Crippen LogP contribution < -0.4 is 10.2 Å². The minimum atomic E-state index is -3.09. The van der Waals surface area contributed by atoms with Crippen molar-refractivity contribution in [2.24, 2.45) is 0 Å². The molecule has 0 radical (unpaired) electrons. The molecule has 1 N–H and O–H groups in total. The van der Waals surface area contributed by atoms with E-state index in [2.05, 4.69) is 5.32 Å². The van der Waals surface area contributed by atoms with E-state index in [1.807, 2.05) is 32.0 Å². The van der Waals surface area contributed by atoms with Gasteiger partial charge in [-0.25, -0.2) is 8.42 Å². The molecule has 3 rings (SSSR count). The van der Waals surface area contributed by atoms with Gasteiger partial charge in [0.25, 0.3) is 0 Å². The molecule has 5 nitrogen and oxygen atoms in total. The quantitative estimate of drug-likeness (QED) is 0.833. The number of nitrogens with one attached hydrogen (secondary N) is 1. The van der Waals surface area contributed by atoms with Crippen molar-refractivity contribution in [1.29, 1.82) is 0 Å². The Morgan fingerprint density at radius 3 is 2.38 bits per heavy atom. The molecule has 2 fully saturated rings. The van der Waals surface area contributed by atoms with Crippen LogP contribution in [-0.2, 0) is 14.6 Å². The lowest BCUT2D eigenvalue weighted by atomic mass is 10.0. The van der Waals surface area contributed by atoms with Crippen molar-refractivity contribution in [2.45, 2.75) is 38.9 Å². The molecule has 2 heterocycles. The van der Waals surface area contributed by atoms with Crippen LogP contribution in [0, 0.1) is 13.8 Å². The number of nitrogens with zero attached hydrogens (tertiary/aromatic N) is 1. The first kappa shape index (κ1) is 14.5. The van der Waals surface area contributed by atoms with Gasteiger partial charge in [-0.1, -0.05) is 6.07 Å². The minimum absolute atomic E-state index is 0.0378. The van der Waals surface area contributed by atoms with Crippen LogP contribution >= 0.6 is 0 Å². The van der Waals surface area contributed by atoms with E-state index >= 15 is 0 Å². The molecule has 6 heteroatoms. The SMILES string of the molecule is Cc1cc(C)cc(N2C(=O)[C@H](C)N[C@@H]3CS(=O)(=O)C[C@@H]32)c1. The predicted octanol–water partition coefficient (Wildman–Crippen LogP) is 0.794. The van der Waals surface area contributed by atoms with Crippen molar-refractivity contribution in [1.82, 2.24) is 5.32 Å². The third-order valence-electron chi connectivity index (χ3n) is 4.21. The van der Waals surface area contributed by atoms with Crippen molar-refractivity contribution in [3.05, 3.63) is 29.3 Å². The third kappa shape index (κ3) is 2.58. The summed E-state index contributed by atoms with van der Waals surface area (Å²) in [6.45, 7) is 5.75. The Hall–Kier alpha value is -1.40. The molecule has 1 amide bonds. The fourth-order valence-electron chi connectivity index (χ4n) is 3.42. The molecule has 2 aliphatic rings. The lowest BCUT2D eigenvalue weighted by molar-refractivity contribution is -0.122. The highest BCUT2D eigenvalue weighted by molar-refractivity contribution is 7.91. The van der Waals surface area contributed by atoms with E-state index in [4.69, 9.17) is 0 Å². The second kappa shape index (κ2) is 4.81. The number of fused-ring (bicyclic) bond motifs is 1. The number of carbonyl (C=O) groups excluding carboxylic acids is 1. The Morgan fingerprint density at radius 1 is 1.14 bits per heavy atom. The molecule has 3 atom stereocenters. The number of amides is 1. The van der Waals surface area contributed by atoms with Gasteiger partial charge in [-0.3, -0.25) is 4.79 Å². The maximum absolute atomic E-state index is 12.6. The first-order chi connectivity index (χ1) is 9.77. The van der Waals surface area contributed by atoms with Gasteiger partial charge in [-0.15, -0.1) is 0 Å². The fraction of sp³-hybridized carbons (Fsp3) is 0.533. The Morgan fingerprint density at radius 2 is 1.76 bits per heavy atom. The number of benzene rings is 1. The van der Waals surface area contributed by atoms with Crippen LogP contribution in [0.1, 0.15) is 18.1 Å². The molecule has 21 heavy (non-hydrogen) atoms. The fourth-order valence-corrected chi connectivity index (χ4v) is 5.32. The number of hydrogen-bond donors (Lipinski definition) is 1. The molecular weight excluding hydrogens is 288 g/mol. The van der Waals surface area contributed by atoms with Crippen LogP contribution in [0.3, 0.4) is 0 Å². The van der Waals surface area contributed by atoms with E-state index in [9.17, 15) is 13.2 Å². The van der Waals surface area contributed by atoms with Crippen LogP contribution in [0.2, 0.25) is 0 Å². The standard InChI is InChI=1S/C15H20N2O3S/c1-9-4-10(2)6-12(5-9)17-14-8-21(19,20)7-13(14)16-11(3)15(17)18/h4-6,11,13-14,16H,7-8H2,1-3H3/t11-,13+,14-/m0/s1. The maximum Gasteiger partial charge on any atom is 0.244 e. The third-order valence-corrected chi connectivity index (χ3v) is 5.93. The van der Waals surface area contributed by atoms with Gasteiger partial charge in [-0.2, -0.15) is 0 Å². The molecule has 1 aromatic carbocycles. The van der Waals surface area contributed by atoms with E-state index in [-0.39, 0.29) is 35.5 Å². The van der Waals surface area contributed by atoms with Crippen molar-refractivity contribution < 1.29 is 13.2 Å². The molecular formula is C15H20N2O3S. The Labute approximate surface area is 125 Å². The number of anilines is 1. The lowest BCUT2D eigenvalue weighted by Gasteiger charge is -2.40. The summed E-state index contributed by atoms with van der Waals surface area (Å²) in [6.07, 6.45) is 0. The number of hydrogen-bond acceptors (Lipinski definition) is 4. The first-order valence-electron chi connectivity index (χ1n) is 7.15. The average molecular weight is 308 g/mol. The lowest BCUT2D eigenvalue weighted by Crippen LogP contribution is -2.64. The highest BCUT2D eigenvalue weighted by Gasteiger charge is 2.48. The topological polar surface area (TPSA) is 66.5 Å². The number of sulfone groups is 1. The van der Waals surface area contributed by atoms with E-state index in [0.29, 0.717) is 0 Å². The Kier molecular flexibility index (Phi) is 3.33. The molecule has 0 saturated carbocycles. The van der Waals surface area contributed by atoms with Gasteiger partial charge in [0.1, 0.15) is 0 Å². The van der Waals surface area contributed by atoms with Crippen molar-refractivity contribution >= 4 is 21.4 Å². The van der Waals surface area contributed by atoms with Gasteiger partial charge in [0.15, 0.2) is 9.84 Å². The predicted molar refractivity (Wildman–Crippen MR) is 82.2 cm³/mol. The second-order valence-corrected chi connectivity index (χ2v) is 8.35. The number of carbonyl (C=O) groups is 1. The van der Waals surface area contributed by atoms with Gasteiger partial charge >= 0.3 is 0 Å². The summed E-state index contributed by atoms with van der Waals surface area (Å²) in [5.41, 5.74) is 2.95. The van der Waals surface area contributed by atoms with Gasteiger partial charge in [0.2, 0.25) is 5.91 Å². The molecule has 2 aliphatic heterocycles. The van der Waals surface area contributed by atoms with Crippen molar-refractivity contribution in [3.63, 3.8) is 0 Å². The van der Waals surface area contributed by atoms with Crippen LogP contribution in [-0.4, -0.2) is 44.0 Å². The zero-order valence-electron chi connectivity index (χ0n) is 12.5. The number of rotatable bonds is 1. The van der Waals surface area contributed by atoms with Crippen LogP contribution in [0.4, 0.5) is 5.69 Å². The zero-order valence-corrected chi connectivity index (χ0v) is 13.3. The molecule has 0 bridgehead atoms. The molecule has 0 aliphatic carbocycles. The monoisotopic (exact) mass is 308 g/mol. The number of aryl methyl sites for hydroxylation is 2. The molecule has 0 aromatic heterocycles.